The minimum Gasteiger partial charge on any atom is -0.461 e. The van der Waals surface area contributed by atoms with Gasteiger partial charge in [0, 0.05) is 25.9 Å². The zero-order valence-corrected chi connectivity index (χ0v) is 27.0. The van der Waals surface area contributed by atoms with Crippen LogP contribution in [0.25, 0.3) is 0 Å². The molecule has 2 unspecified atom stereocenters. The molecule has 15 nitrogen and oxygen atoms in total. The second-order valence-electron chi connectivity index (χ2n) is 11.7. The Kier molecular flexibility index (Phi) is 13.9. The monoisotopic (exact) mass is 663 g/mol. The number of alkyl halides is 1. The van der Waals surface area contributed by atoms with Gasteiger partial charge in [0.2, 0.25) is 6.30 Å². The molecule has 45 heavy (non-hydrogen) atoms. The number of ether oxygens (including phenoxy) is 3. The lowest BCUT2D eigenvalue weighted by Gasteiger charge is -2.38. The Bertz CT molecular complexity index is 1230. The number of hydrogen-bond acceptors (Lipinski definition) is 11. The Morgan fingerprint density at radius 2 is 1.53 bits per heavy atom. The van der Waals surface area contributed by atoms with E-state index in [0.29, 0.717) is 30.3 Å². The van der Waals surface area contributed by atoms with Crippen LogP contribution in [0, 0.1) is 0 Å². The summed E-state index contributed by atoms with van der Waals surface area (Å²) >= 11 is 0. The minimum atomic E-state index is -4.41. The maximum Gasteiger partial charge on any atom is 0.342 e. The maximum absolute atomic E-state index is 15.5. The van der Waals surface area contributed by atoms with E-state index in [2.05, 4.69) is 10.2 Å². The van der Waals surface area contributed by atoms with Crippen LogP contribution in [0.5, 0.6) is 0 Å². The van der Waals surface area contributed by atoms with Gasteiger partial charge in [-0.3, -0.25) is 28.5 Å². The molecule has 2 fully saturated rings. The summed E-state index contributed by atoms with van der Waals surface area (Å²) < 4.78 is 52.4. The first-order valence-corrected chi connectivity index (χ1v) is 17.1. The Labute approximate surface area is 261 Å². The maximum atomic E-state index is 15.5. The highest BCUT2D eigenvalue weighted by atomic mass is 31.2. The topological polar surface area (TPSA) is 213 Å². The molecule has 0 radical (unpaired) electrons. The molecule has 17 heteroatoms. The second kappa shape index (κ2) is 16.9. The van der Waals surface area contributed by atoms with Crippen LogP contribution in [0.4, 0.5) is 4.39 Å². The van der Waals surface area contributed by atoms with Crippen molar-refractivity contribution in [1.29, 1.82) is 0 Å². The number of aliphatic hydroxyl groups excluding tert-OH is 1. The van der Waals surface area contributed by atoms with Gasteiger partial charge in [0.05, 0.1) is 6.61 Å². The van der Waals surface area contributed by atoms with Crippen LogP contribution in [-0.2, 0) is 32.9 Å². The van der Waals surface area contributed by atoms with Crippen molar-refractivity contribution in [2.75, 3.05) is 20.3 Å². The number of aromatic amines is 1. The van der Waals surface area contributed by atoms with E-state index in [1.165, 1.54) is 13.8 Å². The zero-order chi connectivity index (χ0) is 33.2. The molecule has 0 bridgehead atoms. The number of H-pyrrole nitrogens is 1. The second-order valence-corrected chi connectivity index (χ2v) is 13.6. The molecular weight excluding hydrogens is 616 g/mol. The fourth-order valence-corrected chi connectivity index (χ4v) is 7.23. The third-order valence-corrected chi connectivity index (χ3v) is 10.2. The van der Waals surface area contributed by atoms with Gasteiger partial charge in [-0.2, -0.15) is 0 Å². The summed E-state index contributed by atoms with van der Waals surface area (Å²) in [4.78, 5) is 51.3. The number of halogens is 1. The van der Waals surface area contributed by atoms with E-state index in [9.17, 15) is 28.8 Å². The van der Waals surface area contributed by atoms with Gasteiger partial charge in [0.25, 0.3) is 5.56 Å². The number of nitrogens with one attached hydrogen (secondary N) is 3. The van der Waals surface area contributed by atoms with Crippen LogP contribution in [0.3, 0.4) is 0 Å². The molecule has 1 heterocycles. The lowest BCUT2D eigenvalue weighted by atomic mass is 9.96. The number of aromatic nitrogens is 2. The SMILES string of the molecule is CO[C@](CN)(COP(=O)(NC(C)C(=O)OC1CCCCC1)NC(C)C(=O)OC1CCCCC1)[C@@H](O)[C@@H](F)n1ccc(=O)[nH]c1=O. The molecule has 0 spiro atoms. The van der Waals surface area contributed by atoms with Crippen LogP contribution < -0.4 is 27.2 Å². The summed E-state index contributed by atoms with van der Waals surface area (Å²) in [6, 6.07) is -1.47. The lowest BCUT2D eigenvalue weighted by molar-refractivity contribution is -0.155. The van der Waals surface area contributed by atoms with Gasteiger partial charge in [-0.25, -0.2) is 19.4 Å². The molecule has 1 aromatic rings. The summed E-state index contributed by atoms with van der Waals surface area (Å²) in [6.07, 6.45) is 4.27. The predicted molar refractivity (Wildman–Crippen MR) is 161 cm³/mol. The molecule has 3 rings (SSSR count). The molecule has 2 aliphatic carbocycles. The molecule has 1 aromatic heterocycles. The van der Waals surface area contributed by atoms with Crippen molar-refractivity contribution < 1.29 is 42.4 Å². The average molecular weight is 664 g/mol. The summed E-state index contributed by atoms with van der Waals surface area (Å²) in [6.45, 7) is 1.41. The van der Waals surface area contributed by atoms with E-state index < -0.39 is 74.1 Å². The third-order valence-electron chi connectivity index (χ3n) is 8.26. The number of nitrogens with zero attached hydrogens (tertiary/aromatic N) is 1. The molecule has 0 saturated heterocycles. The van der Waals surface area contributed by atoms with Gasteiger partial charge < -0.3 is 29.6 Å². The summed E-state index contributed by atoms with van der Waals surface area (Å²) in [7, 11) is -3.31. The number of rotatable bonds is 16. The van der Waals surface area contributed by atoms with Gasteiger partial charge >= 0.3 is 25.3 Å². The molecule has 0 aromatic carbocycles. The lowest BCUT2D eigenvalue weighted by Crippen LogP contribution is -2.57. The van der Waals surface area contributed by atoms with Crippen molar-refractivity contribution in [3.8, 4) is 0 Å². The van der Waals surface area contributed by atoms with E-state index in [4.69, 9.17) is 24.5 Å². The van der Waals surface area contributed by atoms with E-state index >= 15 is 4.39 Å². The molecule has 2 aliphatic rings. The van der Waals surface area contributed by atoms with Crippen LogP contribution in [0.2, 0.25) is 0 Å². The molecule has 0 aliphatic heterocycles. The molecule has 0 amide bonds. The van der Waals surface area contributed by atoms with Gasteiger partial charge in [-0.15, -0.1) is 0 Å². The Morgan fingerprint density at radius 3 is 1.96 bits per heavy atom. The first-order chi connectivity index (χ1) is 21.3. The molecule has 256 valence electrons. The van der Waals surface area contributed by atoms with Crippen LogP contribution in [0.1, 0.15) is 84.4 Å². The Morgan fingerprint density at radius 1 is 1.04 bits per heavy atom. The number of aliphatic hydroxyl groups is 1. The normalized spacial score (nSPS) is 21.9. The standard InChI is InChI=1S/C28H47FN5O10P/c1-18(25(37)43-20-10-6-4-7-11-20)32-45(40,33-19(2)26(38)44-21-12-8-5-9-13-21)42-17-28(16-30,41-3)23(36)24(29)34-15-14-22(35)31-27(34)39/h14-15,18-21,23-24,36H,4-13,16-17,30H2,1-3H3,(H,31,35,39)(H2,32,33,40)/t18?,19?,23-,24-,28+,45?/m0/s1. The fourth-order valence-electron chi connectivity index (χ4n) is 5.38. The third kappa shape index (κ3) is 10.3. The van der Waals surface area contributed by atoms with Crippen LogP contribution >= 0.6 is 7.67 Å². The van der Waals surface area contributed by atoms with E-state index in [0.717, 1.165) is 57.9 Å². The zero-order valence-electron chi connectivity index (χ0n) is 26.1. The van der Waals surface area contributed by atoms with E-state index in [-0.39, 0.29) is 12.2 Å². The van der Waals surface area contributed by atoms with Crippen molar-refractivity contribution in [2.24, 2.45) is 5.73 Å². The fraction of sp³-hybridized carbons (Fsp3) is 0.786. The molecular formula is C28H47FN5O10P. The van der Waals surface area contributed by atoms with Crippen molar-refractivity contribution >= 4 is 19.6 Å². The van der Waals surface area contributed by atoms with E-state index in [1.807, 2.05) is 4.98 Å². The summed E-state index contributed by atoms with van der Waals surface area (Å²) in [5.41, 5.74) is 1.87. The van der Waals surface area contributed by atoms with E-state index in [1.54, 1.807) is 0 Å². The Balaban J connectivity index is 1.80. The highest BCUT2D eigenvalue weighted by Gasteiger charge is 2.46. The number of esters is 2. The van der Waals surface area contributed by atoms with Crippen molar-refractivity contribution in [3.63, 3.8) is 0 Å². The van der Waals surface area contributed by atoms with Crippen molar-refractivity contribution in [2.45, 2.75) is 120 Å². The first-order valence-electron chi connectivity index (χ1n) is 15.4. The quantitative estimate of drug-likeness (QED) is 0.126. The molecule has 5 atom stereocenters. The first kappa shape index (κ1) is 37.0. The number of carbonyl (C=O) groups is 2. The predicted octanol–water partition coefficient (Wildman–Crippen LogP) is 1.54. The largest absolute Gasteiger partial charge is 0.461 e. The van der Waals surface area contributed by atoms with Crippen molar-refractivity contribution in [3.05, 3.63) is 33.1 Å². The Hall–Kier alpha value is -2.46. The van der Waals surface area contributed by atoms with Gasteiger partial charge in [0.15, 0.2) is 0 Å². The highest BCUT2D eigenvalue weighted by molar-refractivity contribution is 7.54. The van der Waals surface area contributed by atoms with Crippen LogP contribution in [-0.4, -0.2) is 82.9 Å². The summed E-state index contributed by atoms with van der Waals surface area (Å²) in [5.74, 6) is -1.38. The number of methoxy groups -OCH3 is 1. The number of carbonyl (C=O) groups excluding carboxylic acids is 2. The number of nitrogens with two attached hydrogens (primary N) is 1. The molecule has 6 N–H and O–H groups in total. The highest BCUT2D eigenvalue weighted by Crippen LogP contribution is 2.41. The summed E-state index contributed by atoms with van der Waals surface area (Å²) in [5, 5.41) is 16.1. The molecule has 2 saturated carbocycles. The van der Waals surface area contributed by atoms with Gasteiger partial charge in [0.1, 0.15) is 36.0 Å². The van der Waals surface area contributed by atoms with Gasteiger partial charge in [-0.1, -0.05) is 12.8 Å². The van der Waals surface area contributed by atoms with Crippen LogP contribution in [0.15, 0.2) is 21.9 Å². The minimum absolute atomic E-state index is 0.278. The number of hydrogen-bond donors (Lipinski definition) is 5. The average Bonchev–Trinajstić information content (AvgIpc) is 3.02. The smallest absolute Gasteiger partial charge is 0.342 e. The van der Waals surface area contributed by atoms with Gasteiger partial charge in [-0.05, 0) is 65.2 Å². The van der Waals surface area contributed by atoms with Crippen molar-refractivity contribution in [1.82, 2.24) is 19.7 Å².